The minimum atomic E-state index is -0.753. The normalized spacial score (nSPS) is 19.3. The maximum atomic E-state index is 13.9. The number of aryl methyl sites for hydroxylation is 1. The number of ether oxygens (including phenoxy) is 3. The van der Waals surface area contributed by atoms with Crippen molar-refractivity contribution in [2.75, 3.05) is 46.4 Å². The molecular weight excluding hydrogens is 823 g/mol. The van der Waals surface area contributed by atoms with Crippen molar-refractivity contribution < 1.29 is 33.4 Å². The third-order valence-electron chi connectivity index (χ3n) is 13.7. The van der Waals surface area contributed by atoms with E-state index in [1.54, 1.807) is 36.1 Å². The van der Waals surface area contributed by atoms with Gasteiger partial charge in [-0.15, -0.1) is 0 Å². The van der Waals surface area contributed by atoms with E-state index in [2.05, 4.69) is 38.4 Å². The Labute approximate surface area is 379 Å². The molecule has 5 aromatic rings. The van der Waals surface area contributed by atoms with Crippen LogP contribution in [0.5, 0.6) is 23.0 Å². The lowest BCUT2D eigenvalue weighted by molar-refractivity contribution is -0.134. The van der Waals surface area contributed by atoms with Crippen LogP contribution in [0.15, 0.2) is 78.9 Å². The van der Waals surface area contributed by atoms with Gasteiger partial charge in [-0.05, 0) is 142 Å². The lowest BCUT2D eigenvalue weighted by atomic mass is 9.87. The van der Waals surface area contributed by atoms with E-state index in [0.29, 0.717) is 70.9 Å². The number of piperidine rings is 3. The van der Waals surface area contributed by atoms with Crippen LogP contribution in [0.1, 0.15) is 113 Å². The van der Waals surface area contributed by atoms with Crippen molar-refractivity contribution in [1.82, 2.24) is 29.8 Å². The summed E-state index contributed by atoms with van der Waals surface area (Å²) >= 11 is 0. The molecule has 0 aliphatic carbocycles. The molecule has 336 valence electrons. The molecule has 1 aromatic heterocycles. The van der Waals surface area contributed by atoms with Crippen LogP contribution in [0.25, 0.3) is 10.9 Å². The van der Waals surface area contributed by atoms with Crippen LogP contribution in [-0.2, 0) is 23.2 Å². The first kappa shape index (κ1) is 43.7. The highest BCUT2D eigenvalue weighted by molar-refractivity contribution is 6.21. The lowest BCUT2D eigenvalue weighted by Crippen LogP contribution is -2.41. The van der Waals surface area contributed by atoms with E-state index in [0.717, 1.165) is 87.2 Å². The topological polar surface area (TPSA) is 159 Å². The van der Waals surface area contributed by atoms with E-state index >= 15 is 0 Å². The minimum absolute atomic E-state index is 0.0364. The van der Waals surface area contributed by atoms with Gasteiger partial charge in [-0.3, -0.25) is 39.0 Å². The highest BCUT2D eigenvalue weighted by Crippen LogP contribution is 2.40. The third kappa shape index (κ3) is 9.08. The van der Waals surface area contributed by atoms with Gasteiger partial charge in [0, 0.05) is 38.0 Å². The van der Waals surface area contributed by atoms with Crippen LogP contribution in [0.4, 0.5) is 0 Å². The second-order valence-electron chi connectivity index (χ2n) is 17.7. The number of carbonyl (C=O) groups excluding carboxylic acids is 4. The van der Waals surface area contributed by atoms with Gasteiger partial charge < -0.3 is 19.1 Å². The highest BCUT2D eigenvalue weighted by atomic mass is 16.5. The summed E-state index contributed by atoms with van der Waals surface area (Å²) in [6.07, 6.45) is 5.04. The minimum Gasteiger partial charge on any atom is -0.493 e. The smallest absolute Gasteiger partial charge is 0.262 e. The van der Waals surface area contributed by atoms with Gasteiger partial charge >= 0.3 is 0 Å². The number of hydrogen-bond acceptors (Lipinski definition) is 11. The zero-order valence-electron chi connectivity index (χ0n) is 37.3. The van der Waals surface area contributed by atoms with Gasteiger partial charge in [0.2, 0.25) is 11.8 Å². The summed E-state index contributed by atoms with van der Waals surface area (Å²) in [6, 6.07) is 26.5. The Morgan fingerprint density at radius 3 is 2.28 bits per heavy atom. The molecule has 0 spiro atoms. The molecule has 0 saturated carbocycles. The van der Waals surface area contributed by atoms with Crippen LogP contribution in [0, 0.1) is 17.2 Å². The van der Waals surface area contributed by atoms with Gasteiger partial charge in [0.1, 0.15) is 11.5 Å². The molecule has 5 heterocycles. The molecule has 3 fully saturated rings. The number of amides is 4. The van der Waals surface area contributed by atoms with Crippen molar-refractivity contribution in [2.24, 2.45) is 13.0 Å². The summed E-state index contributed by atoms with van der Waals surface area (Å²) in [4.78, 5) is 58.2. The maximum absolute atomic E-state index is 13.9. The van der Waals surface area contributed by atoms with Crippen LogP contribution in [0.3, 0.4) is 0 Å². The van der Waals surface area contributed by atoms with Crippen molar-refractivity contribution in [3.63, 3.8) is 0 Å². The van der Waals surface area contributed by atoms with Gasteiger partial charge in [0.25, 0.3) is 11.8 Å². The molecule has 14 nitrogen and oxygen atoms in total. The molecular formula is C51H55N7O7. The first-order chi connectivity index (χ1) is 31.6. The van der Waals surface area contributed by atoms with Crippen molar-refractivity contribution in [1.29, 1.82) is 5.26 Å². The molecule has 4 aliphatic heterocycles. The third-order valence-corrected chi connectivity index (χ3v) is 13.7. The number of carbonyl (C=O) groups is 4. The SMILES string of the molecule is CCOc1cc([C@@H](CC#N)N2C(=O)c3ccc(C4CCN(CC5CCN(Cc6ccc(Oc7ccc8c(C9CCC(=O)NC9=O)nn(C)c8c7)cc6)CC5)CC4)cc3C2=O)ccc1OC. The maximum Gasteiger partial charge on any atom is 0.262 e. The predicted octanol–water partition coefficient (Wildman–Crippen LogP) is 7.64. The van der Waals surface area contributed by atoms with Crippen LogP contribution < -0.4 is 19.5 Å². The fourth-order valence-electron chi connectivity index (χ4n) is 10.2. The molecule has 9 rings (SSSR count). The number of nitriles is 1. The van der Waals surface area contributed by atoms with Crippen LogP contribution in [0.2, 0.25) is 0 Å². The molecule has 1 N–H and O–H groups in total. The van der Waals surface area contributed by atoms with Crippen molar-refractivity contribution in [2.45, 2.75) is 76.3 Å². The van der Waals surface area contributed by atoms with Crippen LogP contribution in [-0.4, -0.2) is 94.5 Å². The Kier molecular flexibility index (Phi) is 12.7. The number of nitrogens with zero attached hydrogens (tertiary/aromatic N) is 6. The largest absolute Gasteiger partial charge is 0.493 e. The molecule has 4 amide bonds. The van der Waals surface area contributed by atoms with Gasteiger partial charge in [-0.1, -0.05) is 24.3 Å². The van der Waals surface area contributed by atoms with Gasteiger partial charge in [-0.25, -0.2) is 0 Å². The standard InChI is InChI=1S/C51H55N7O7/c1-4-64-46-28-36(8-15-45(46)63-3)43(17-22-52)58-50(61)39-12-7-35(27-42(39)51(58)62)34-20-25-57(26-21-34)31-33-18-23-56(24-19-33)30-32-5-9-37(10-6-32)65-38-11-13-40-44(29-38)55(2)54-48(40)41-14-16-47(59)53-49(41)60/h5-13,15,27-29,33-34,41,43H,4,14,16-21,23-26,30-31H2,1-3H3,(H,53,59,60)/t41?,43-/m1/s1. The molecule has 65 heavy (non-hydrogen) atoms. The fraction of sp³-hybridized carbons (Fsp3) is 0.412. The first-order valence-electron chi connectivity index (χ1n) is 22.8. The molecule has 4 aromatic carbocycles. The second-order valence-corrected chi connectivity index (χ2v) is 17.7. The zero-order chi connectivity index (χ0) is 45.2. The Hall–Kier alpha value is -6.56. The Morgan fingerprint density at radius 2 is 1.55 bits per heavy atom. The summed E-state index contributed by atoms with van der Waals surface area (Å²) in [5.41, 5.74) is 5.32. The molecule has 2 atom stereocenters. The number of benzene rings is 4. The Morgan fingerprint density at radius 1 is 0.815 bits per heavy atom. The van der Waals surface area contributed by atoms with Gasteiger partial charge in [0.05, 0.1) is 60.5 Å². The van der Waals surface area contributed by atoms with E-state index in [1.165, 1.54) is 10.5 Å². The van der Waals surface area contributed by atoms with Crippen molar-refractivity contribution in [3.8, 4) is 29.1 Å². The van der Waals surface area contributed by atoms with Crippen molar-refractivity contribution in [3.05, 3.63) is 112 Å². The Bertz CT molecular complexity index is 2660. The van der Waals surface area contributed by atoms with Gasteiger partial charge in [-0.2, -0.15) is 10.4 Å². The monoisotopic (exact) mass is 877 g/mol. The summed E-state index contributed by atoms with van der Waals surface area (Å²) in [5.74, 6) is 1.71. The second kappa shape index (κ2) is 18.9. The number of hydrogen-bond donors (Lipinski definition) is 1. The average Bonchev–Trinajstić information content (AvgIpc) is 3.77. The first-order valence-corrected chi connectivity index (χ1v) is 22.8. The summed E-state index contributed by atoms with van der Waals surface area (Å²) in [6.45, 7) is 8.40. The molecule has 4 aliphatic rings. The summed E-state index contributed by atoms with van der Waals surface area (Å²) < 4.78 is 19.2. The van der Waals surface area contributed by atoms with E-state index in [9.17, 15) is 24.4 Å². The van der Waals surface area contributed by atoms with E-state index in [4.69, 9.17) is 14.2 Å². The molecule has 3 saturated heterocycles. The molecule has 1 unspecified atom stereocenters. The average molecular weight is 878 g/mol. The van der Waals surface area contributed by atoms with Crippen molar-refractivity contribution >= 4 is 34.5 Å². The number of methoxy groups -OCH3 is 1. The Balaban J connectivity index is 0.739. The number of aromatic nitrogens is 2. The van der Waals surface area contributed by atoms with Crippen LogP contribution >= 0.6 is 0 Å². The number of imide groups is 2. The van der Waals surface area contributed by atoms with E-state index in [1.807, 2.05) is 56.4 Å². The lowest BCUT2D eigenvalue weighted by Gasteiger charge is -2.38. The highest BCUT2D eigenvalue weighted by Gasteiger charge is 2.41. The summed E-state index contributed by atoms with van der Waals surface area (Å²) in [5, 5.41) is 17.7. The van der Waals surface area contributed by atoms with Gasteiger partial charge in [0.15, 0.2) is 11.5 Å². The molecule has 0 radical (unpaired) electrons. The number of nitrogens with one attached hydrogen (secondary N) is 1. The molecule has 14 heteroatoms. The molecule has 0 bridgehead atoms. The quantitative estimate of drug-likeness (QED) is 0.109. The number of rotatable bonds is 14. The van der Waals surface area contributed by atoms with E-state index < -0.39 is 12.0 Å². The number of likely N-dealkylation sites (tertiary alicyclic amines) is 2. The fourth-order valence-corrected chi connectivity index (χ4v) is 10.2. The van der Waals surface area contributed by atoms with E-state index in [-0.39, 0.29) is 30.0 Å². The zero-order valence-corrected chi connectivity index (χ0v) is 37.3. The summed E-state index contributed by atoms with van der Waals surface area (Å²) in [7, 11) is 3.41. The number of fused-ring (bicyclic) bond motifs is 2. The predicted molar refractivity (Wildman–Crippen MR) is 243 cm³/mol.